The number of carbonyl (C=O) groups excluding carboxylic acids is 4. The minimum atomic E-state index is -1.12. The first-order chi connectivity index (χ1) is 24.4. The van der Waals surface area contributed by atoms with Crippen molar-refractivity contribution in [1.29, 1.82) is 0 Å². The summed E-state index contributed by atoms with van der Waals surface area (Å²) in [6, 6.07) is 0. The quantitative estimate of drug-likeness (QED) is 0.403. The molecule has 296 valence electrons. The fraction of sp³-hybridized carbons (Fsp3) is 0.889. The summed E-state index contributed by atoms with van der Waals surface area (Å²) in [7, 11) is 0. The normalized spacial score (nSPS) is 31.5. The molecule has 16 heteroatoms. The van der Waals surface area contributed by atoms with Crippen LogP contribution in [0, 0.1) is 23.7 Å². The lowest BCUT2D eigenvalue weighted by Gasteiger charge is -2.53. The minimum absolute atomic E-state index is 0.197. The molecular weight excluding hydrogens is 680 g/mol. The van der Waals surface area contributed by atoms with E-state index < -0.39 is 70.4 Å². The van der Waals surface area contributed by atoms with Crippen molar-refractivity contribution in [1.82, 2.24) is 19.6 Å². The summed E-state index contributed by atoms with van der Waals surface area (Å²) in [5.41, 5.74) is 0. The van der Waals surface area contributed by atoms with Crippen LogP contribution in [0.1, 0.15) is 55.4 Å². The number of rotatable bonds is 4. The van der Waals surface area contributed by atoms with E-state index in [-0.39, 0.29) is 105 Å². The van der Waals surface area contributed by atoms with Gasteiger partial charge in [-0.15, -0.1) is 0 Å². The number of nitrogens with zero attached hydrogens (tertiary/aromatic N) is 4. The molecule has 5 aliphatic rings. The van der Waals surface area contributed by atoms with Crippen LogP contribution >= 0.6 is 0 Å². The van der Waals surface area contributed by atoms with Crippen molar-refractivity contribution in [2.24, 2.45) is 23.7 Å². The second-order valence-corrected chi connectivity index (χ2v) is 15.8. The van der Waals surface area contributed by atoms with Gasteiger partial charge in [0.2, 0.25) is 23.6 Å². The minimum Gasteiger partial charge on any atom is -0.349 e. The van der Waals surface area contributed by atoms with Gasteiger partial charge in [0.15, 0.2) is 23.1 Å². The van der Waals surface area contributed by atoms with Crippen molar-refractivity contribution in [2.45, 2.75) is 78.5 Å². The third-order valence-electron chi connectivity index (χ3n) is 10.4. The zero-order chi connectivity index (χ0) is 37.9. The van der Waals surface area contributed by atoms with Crippen molar-refractivity contribution in [3.8, 4) is 0 Å². The molecule has 0 bridgehead atoms. The maximum absolute atomic E-state index is 14.7. The summed E-state index contributed by atoms with van der Waals surface area (Å²) in [5, 5.41) is 0. The van der Waals surface area contributed by atoms with Gasteiger partial charge >= 0.3 is 0 Å². The number of hydrogen-bond donors (Lipinski definition) is 0. The zero-order valence-electron chi connectivity index (χ0n) is 32.3. The molecule has 52 heavy (non-hydrogen) atoms. The van der Waals surface area contributed by atoms with E-state index in [1.807, 2.05) is 55.4 Å². The van der Waals surface area contributed by atoms with E-state index in [1.165, 1.54) is 0 Å². The molecule has 16 nitrogen and oxygen atoms in total. The van der Waals surface area contributed by atoms with Crippen LogP contribution in [0.4, 0.5) is 0 Å². The maximum atomic E-state index is 14.7. The van der Waals surface area contributed by atoms with Crippen molar-refractivity contribution >= 4 is 23.6 Å². The molecule has 0 aromatic rings. The molecular formula is C36H60N4O12. The number of ether oxygens (including phenoxy) is 8. The SMILES string of the molecule is CC1(C)OCCN(C(=O)C2C(C(=O)N3CCOC(C)(C)OCC3)C(C(=O)N3CCOC(C)(C)OCC3)C2C(=O)N2CCOC(C)(C)OCC2)CCO1. The average molecular weight is 741 g/mol. The second-order valence-electron chi connectivity index (χ2n) is 15.8. The molecule has 4 heterocycles. The first-order valence-corrected chi connectivity index (χ1v) is 18.7. The topological polar surface area (TPSA) is 155 Å². The van der Waals surface area contributed by atoms with Crippen molar-refractivity contribution in [3.63, 3.8) is 0 Å². The van der Waals surface area contributed by atoms with Crippen LogP contribution < -0.4 is 0 Å². The second kappa shape index (κ2) is 16.5. The third kappa shape index (κ3) is 10.00. The van der Waals surface area contributed by atoms with Crippen molar-refractivity contribution in [3.05, 3.63) is 0 Å². The summed E-state index contributed by atoms with van der Waals surface area (Å²) in [6.07, 6.45) is 0. The highest BCUT2D eigenvalue weighted by atomic mass is 16.7. The van der Waals surface area contributed by atoms with Crippen molar-refractivity contribution in [2.75, 3.05) is 105 Å². The van der Waals surface area contributed by atoms with Gasteiger partial charge in [0.25, 0.3) is 0 Å². The predicted octanol–water partition coefficient (Wildman–Crippen LogP) is 0.911. The first-order valence-electron chi connectivity index (χ1n) is 18.7. The van der Waals surface area contributed by atoms with E-state index in [9.17, 15) is 19.2 Å². The van der Waals surface area contributed by atoms with E-state index in [0.717, 1.165) is 0 Å². The van der Waals surface area contributed by atoms with Crippen molar-refractivity contribution < 1.29 is 57.1 Å². The number of amides is 4. The summed E-state index contributed by atoms with van der Waals surface area (Å²) in [6.45, 7) is 18.0. The largest absolute Gasteiger partial charge is 0.349 e. The van der Waals surface area contributed by atoms with E-state index >= 15 is 0 Å². The lowest BCUT2D eigenvalue weighted by atomic mass is 9.54. The van der Waals surface area contributed by atoms with E-state index in [4.69, 9.17) is 37.9 Å². The van der Waals surface area contributed by atoms with Gasteiger partial charge in [0.1, 0.15) is 0 Å². The van der Waals surface area contributed by atoms with Gasteiger partial charge in [-0.3, -0.25) is 19.2 Å². The molecule has 0 aromatic heterocycles. The third-order valence-corrected chi connectivity index (χ3v) is 10.4. The van der Waals surface area contributed by atoms with Crippen LogP contribution in [0.25, 0.3) is 0 Å². The van der Waals surface area contributed by atoms with E-state index in [1.54, 1.807) is 19.6 Å². The smallest absolute Gasteiger partial charge is 0.227 e. The van der Waals surface area contributed by atoms with Crippen LogP contribution in [0.5, 0.6) is 0 Å². The molecule has 4 aliphatic heterocycles. The monoisotopic (exact) mass is 740 g/mol. The van der Waals surface area contributed by atoms with Gasteiger partial charge < -0.3 is 57.5 Å². The Morgan fingerprint density at radius 1 is 0.327 bits per heavy atom. The fourth-order valence-electron chi connectivity index (χ4n) is 7.53. The zero-order valence-corrected chi connectivity index (χ0v) is 32.3. The van der Waals surface area contributed by atoms with Gasteiger partial charge in [-0.1, -0.05) is 0 Å². The first kappa shape index (κ1) is 40.7. The van der Waals surface area contributed by atoms with Crippen LogP contribution in [-0.2, 0) is 57.1 Å². The van der Waals surface area contributed by atoms with Gasteiger partial charge in [-0.05, 0) is 55.4 Å². The Balaban J connectivity index is 1.49. The Morgan fingerprint density at radius 2 is 0.462 bits per heavy atom. The van der Waals surface area contributed by atoms with Crippen LogP contribution in [0.15, 0.2) is 0 Å². The van der Waals surface area contributed by atoms with E-state index in [0.29, 0.717) is 0 Å². The molecule has 0 spiro atoms. The molecule has 0 radical (unpaired) electrons. The Labute approximate surface area is 307 Å². The number of hydrogen-bond acceptors (Lipinski definition) is 12. The fourth-order valence-corrected chi connectivity index (χ4v) is 7.53. The maximum Gasteiger partial charge on any atom is 0.227 e. The van der Waals surface area contributed by atoms with Gasteiger partial charge in [0.05, 0.1) is 76.5 Å². The molecule has 0 aromatic carbocycles. The van der Waals surface area contributed by atoms with Gasteiger partial charge in [0, 0.05) is 52.4 Å². The highest BCUT2D eigenvalue weighted by molar-refractivity contribution is 6.02. The summed E-state index contributed by atoms with van der Waals surface area (Å²) >= 11 is 0. The van der Waals surface area contributed by atoms with E-state index in [2.05, 4.69) is 0 Å². The molecule has 0 N–H and O–H groups in total. The lowest BCUT2D eigenvalue weighted by Crippen LogP contribution is -2.68. The molecule has 0 unspecified atom stereocenters. The summed E-state index contributed by atoms with van der Waals surface area (Å²) in [5.74, 6) is -9.30. The van der Waals surface area contributed by atoms with Gasteiger partial charge in [-0.2, -0.15) is 0 Å². The molecule has 4 amide bonds. The van der Waals surface area contributed by atoms with Crippen LogP contribution in [0.2, 0.25) is 0 Å². The summed E-state index contributed by atoms with van der Waals surface area (Å²) in [4.78, 5) is 65.3. The highest BCUT2D eigenvalue weighted by Crippen LogP contribution is 2.50. The Kier molecular flexibility index (Phi) is 12.9. The average Bonchev–Trinajstić information content (AvgIpc) is 3.00. The molecule has 0 atom stereocenters. The lowest BCUT2D eigenvalue weighted by molar-refractivity contribution is -0.233. The number of carbonyl (C=O) groups is 4. The standard InChI is InChI=1S/C36H60N4O12/c1-33(2)45-17-9-37(10-18-46-33)29(41)25-26(30(42)38-11-19-47-34(3,4)48-20-12-38)28(32(44)40-15-23-51-36(7,8)52-24-16-40)27(25)31(43)39-13-21-49-35(5,6)50-22-14-39/h25-28H,9-24H2,1-8H3. The predicted molar refractivity (Wildman–Crippen MR) is 184 cm³/mol. The van der Waals surface area contributed by atoms with Gasteiger partial charge in [-0.25, -0.2) is 0 Å². The molecule has 5 rings (SSSR count). The van der Waals surface area contributed by atoms with Crippen LogP contribution in [0.3, 0.4) is 0 Å². The Morgan fingerprint density at radius 3 is 0.596 bits per heavy atom. The summed E-state index contributed by atoms with van der Waals surface area (Å²) < 4.78 is 47.0. The van der Waals surface area contributed by atoms with Crippen LogP contribution in [-0.4, -0.2) is 172 Å². The molecule has 1 aliphatic carbocycles. The molecule has 4 saturated heterocycles. The molecule has 5 fully saturated rings. The Bertz CT molecular complexity index is 1040. The highest BCUT2D eigenvalue weighted by Gasteiger charge is 2.65. The Hall–Kier alpha value is -2.44. The molecule has 1 saturated carbocycles.